The van der Waals surface area contributed by atoms with Gasteiger partial charge >= 0.3 is 0 Å². The first-order valence-corrected chi connectivity index (χ1v) is 14.2. The number of Topliss-reactive ketones (excluding diaryl/α,β-unsaturated/α-hetero) is 1. The van der Waals surface area contributed by atoms with Gasteiger partial charge in [-0.2, -0.15) is 0 Å². The predicted octanol–water partition coefficient (Wildman–Crippen LogP) is 4.80. The van der Waals surface area contributed by atoms with E-state index in [-0.39, 0.29) is 11.3 Å². The first-order chi connectivity index (χ1) is 19.4. The van der Waals surface area contributed by atoms with Gasteiger partial charge in [-0.05, 0) is 75.3 Å². The Balaban J connectivity index is 1.78. The van der Waals surface area contributed by atoms with Crippen LogP contribution in [0.1, 0.15) is 57.7 Å². The Labute approximate surface area is 236 Å². The van der Waals surface area contributed by atoms with E-state index in [1.807, 2.05) is 19.9 Å². The van der Waals surface area contributed by atoms with Gasteiger partial charge in [-0.25, -0.2) is 0 Å². The van der Waals surface area contributed by atoms with Gasteiger partial charge in [0.2, 0.25) is 0 Å². The zero-order valence-electron chi connectivity index (χ0n) is 23.9. The molecule has 9 heteroatoms. The molecule has 0 bridgehead atoms. The number of hydrogen-bond donors (Lipinski definition) is 1. The molecule has 9 nitrogen and oxygen atoms in total. The quantitative estimate of drug-likeness (QED) is 0.215. The SMILES string of the molecule is CCCOc1ccc([C@@H]2C(=C(O)c3ccc4c(c3)OCCO4)C(=O)C(=O)N2CCCN(CC)CC)cc1OCC. The summed E-state index contributed by atoms with van der Waals surface area (Å²) >= 11 is 0. The molecule has 0 saturated carbocycles. The summed E-state index contributed by atoms with van der Waals surface area (Å²) in [6.07, 6.45) is 1.53. The van der Waals surface area contributed by atoms with E-state index in [1.165, 1.54) is 0 Å². The zero-order chi connectivity index (χ0) is 28.6. The Morgan fingerprint density at radius 3 is 2.42 bits per heavy atom. The first-order valence-electron chi connectivity index (χ1n) is 14.2. The molecule has 1 fully saturated rings. The lowest BCUT2D eigenvalue weighted by Crippen LogP contribution is -2.33. The van der Waals surface area contributed by atoms with Crippen LogP contribution in [0.5, 0.6) is 23.0 Å². The Morgan fingerprint density at radius 2 is 1.73 bits per heavy atom. The molecule has 0 aromatic heterocycles. The van der Waals surface area contributed by atoms with Gasteiger partial charge in [0.15, 0.2) is 23.0 Å². The number of fused-ring (bicyclic) bond motifs is 1. The minimum absolute atomic E-state index is 0.0363. The van der Waals surface area contributed by atoms with Crippen LogP contribution in [0.3, 0.4) is 0 Å². The van der Waals surface area contributed by atoms with Crippen LogP contribution in [0.15, 0.2) is 42.0 Å². The van der Waals surface area contributed by atoms with Crippen molar-refractivity contribution in [3.8, 4) is 23.0 Å². The van der Waals surface area contributed by atoms with Gasteiger partial charge in [0.05, 0.1) is 24.8 Å². The number of rotatable bonds is 13. The summed E-state index contributed by atoms with van der Waals surface area (Å²) in [6.45, 7) is 12.9. The number of amides is 1. The number of nitrogens with zero attached hydrogens (tertiary/aromatic N) is 2. The summed E-state index contributed by atoms with van der Waals surface area (Å²) < 4.78 is 23.0. The summed E-state index contributed by atoms with van der Waals surface area (Å²) in [7, 11) is 0. The van der Waals surface area contributed by atoms with Gasteiger partial charge in [-0.15, -0.1) is 0 Å². The Morgan fingerprint density at radius 1 is 0.975 bits per heavy atom. The van der Waals surface area contributed by atoms with Gasteiger partial charge in [0.25, 0.3) is 11.7 Å². The monoisotopic (exact) mass is 552 g/mol. The second kappa shape index (κ2) is 13.6. The number of carbonyl (C=O) groups excluding carboxylic acids is 2. The van der Waals surface area contributed by atoms with Crippen molar-refractivity contribution in [2.24, 2.45) is 0 Å². The van der Waals surface area contributed by atoms with Crippen LogP contribution in [-0.4, -0.2) is 79.2 Å². The Hall–Kier alpha value is -3.72. The zero-order valence-corrected chi connectivity index (χ0v) is 23.9. The van der Waals surface area contributed by atoms with Crippen LogP contribution in [0, 0.1) is 0 Å². The fourth-order valence-electron chi connectivity index (χ4n) is 5.10. The van der Waals surface area contributed by atoms with Crippen LogP contribution >= 0.6 is 0 Å². The Bertz CT molecular complexity index is 1240. The van der Waals surface area contributed by atoms with Crippen molar-refractivity contribution in [1.29, 1.82) is 0 Å². The molecule has 1 amide bonds. The number of aliphatic hydroxyl groups is 1. The molecule has 0 unspecified atom stereocenters. The highest BCUT2D eigenvalue weighted by Crippen LogP contribution is 2.43. The number of likely N-dealkylation sites (tertiary alicyclic amines) is 1. The topological polar surface area (TPSA) is 97.8 Å². The maximum atomic E-state index is 13.5. The molecule has 40 heavy (non-hydrogen) atoms. The van der Waals surface area contributed by atoms with Crippen molar-refractivity contribution in [1.82, 2.24) is 9.80 Å². The molecule has 2 aliphatic rings. The van der Waals surface area contributed by atoms with Crippen LogP contribution in [0.25, 0.3) is 5.76 Å². The summed E-state index contributed by atoms with van der Waals surface area (Å²) in [5.74, 6) is 0.573. The van der Waals surface area contributed by atoms with Crippen LogP contribution in [-0.2, 0) is 9.59 Å². The average Bonchev–Trinajstić information content (AvgIpc) is 3.23. The fourth-order valence-corrected chi connectivity index (χ4v) is 5.10. The molecule has 0 radical (unpaired) electrons. The number of carbonyl (C=O) groups is 2. The molecule has 0 aliphatic carbocycles. The molecule has 1 atom stereocenters. The normalized spacial score (nSPS) is 17.9. The largest absolute Gasteiger partial charge is 0.507 e. The number of aliphatic hydroxyl groups excluding tert-OH is 1. The first kappa shape index (κ1) is 29.3. The highest BCUT2D eigenvalue weighted by molar-refractivity contribution is 6.46. The third kappa shape index (κ3) is 6.20. The number of ether oxygens (including phenoxy) is 4. The molecule has 2 aromatic rings. The van der Waals surface area contributed by atoms with Crippen molar-refractivity contribution in [3.63, 3.8) is 0 Å². The highest BCUT2D eigenvalue weighted by atomic mass is 16.6. The predicted molar refractivity (Wildman–Crippen MR) is 152 cm³/mol. The minimum atomic E-state index is -0.788. The lowest BCUT2D eigenvalue weighted by Gasteiger charge is -2.27. The second-order valence-electron chi connectivity index (χ2n) is 9.72. The number of benzene rings is 2. The van der Waals surface area contributed by atoms with Crippen LogP contribution in [0.4, 0.5) is 0 Å². The number of ketones is 1. The van der Waals surface area contributed by atoms with Crippen molar-refractivity contribution in [3.05, 3.63) is 53.1 Å². The van der Waals surface area contributed by atoms with E-state index in [1.54, 1.807) is 35.2 Å². The van der Waals surface area contributed by atoms with Gasteiger partial charge < -0.3 is 33.9 Å². The van der Waals surface area contributed by atoms with Crippen LogP contribution in [0.2, 0.25) is 0 Å². The summed E-state index contributed by atoms with van der Waals surface area (Å²) in [5.41, 5.74) is 1.07. The van der Waals surface area contributed by atoms with Gasteiger partial charge in [0, 0.05) is 12.1 Å². The lowest BCUT2D eigenvalue weighted by atomic mass is 9.94. The molecule has 2 aromatic carbocycles. The van der Waals surface area contributed by atoms with E-state index in [0.29, 0.717) is 73.5 Å². The van der Waals surface area contributed by atoms with Crippen molar-refractivity contribution in [2.75, 3.05) is 52.6 Å². The fraction of sp³-hybridized carbons (Fsp3) is 0.484. The molecule has 216 valence electrons. The maximum Gasteiger partial charge on any atom is 0.295 e. The molecule has 1 N–H and O–H groups in total. The summed E-state index contributed by atoms with van der Waals surface area (Å²) in [4.78, 5) is 30.8. The highest BCUT2D eigenvalue weighted by Gasteiger charge is 2.46. The van der Waals surface area contributed by atoms with Gasteiger partial charge in [-0.3, -0.25) is 9.59 Å². The Kier molecular flexibility index (Phi) is 9.93. The van der Waals surface area contributed by atoms with Crippen molar-refractivity contribution in [2.45, 2.75) is 46.6 Å². The third-order valence-corrected chi connectivity index (χ3v) is 7.17. The van der Waals surface area contributed by atoms with E-state index >= 15 is 0 Å². The van der Waals surface area contributed by atoms with E-state index in [4.69, 9.17) is 18.9 Å². The maximum absolute atomic E-state index is 13.5. The van der Waals surface area contributed by atoms with E-state index in [9.17, 15) is 14.7 Å². The molecule has 4 rings (SSSR count). The second-order valence-corrected chi connectivity index (χ2v) is 9.72. The molecule has 2 aliphatic heterocycles. The standard InChI is InChI=1S/C31H40N2O7/c1-5-16-38-23-12-10-21(19-25(23)37-8-4)28-27(29(34)22-11-13-24-26(20-22)40-18-17-39-24)30(35)31(36)33(28)15-9-14-32(6-2)7-3/h10-13,19-20,28,34H,5-9,14-18H2,1-4H3/t28-/m1/s1. The van der Waals surface area contributed by atoms with Crippen molar-refractivity contribution >= 4 is 17.4 Å². The molecular weight excluding hydrogens is 512 g/mol. The van der Waals surface area contributed by atoms with E-state index < -0.39 is 17.7 Å². The molecule has 1 saturated heterocycles. The summed E-state index contributed by atoms with van der Waals surface area (Å²) in [5, 5.41) is 11.5. The van der Waals surface area contributed by atoms with Gasteiger partial charge in [0.1, 0.15) is 19.0 Å². The van der Waals surface area contributed by atoms with E-state index in [0.717, 1.165) is 26.1 Å². The van der Waals surface area contributed by atoms with E-state index in [2.05, 4.69) is 18.7 Å². The van der Waals surface area contributed by atoms with Crippen molar-refractivity contribution < 1.29 is 33.6 Å². The average molecular weight is 553 g/mol. The summed E-state index contributed by atoms with van der Waals surface area (Å²) in [6, 6.07) is 9.66. The number of hydrogen-bond acceptors (Lipinski definition) is 8. The molecule has 2 heterocycles. The lowest BCUT2D eigenvalue weighted by molar-refractivity contribution is -0.140. The third-order valence-electron chi connectivity index (χ3n) is 7.17. The minimum Gasteiger partial charge on any atom is -0.507 e. The molecular formula is C31H40N2O7. The van der Waals surface area contributed by atoms with Crippen LogP contribution < -0.4 is 18.9 Å². The smallest absolute Gasteiger partial charge is 0.295 e. The van der Waals surface area contributed by atoms with Gasteiger partial charge in [-0.1, -0.05) is 26.8 Å². The molecule has 0 spiro atoms.